The summed E-state index contributed by atoms with van der Waals surface area (Å²) in [6.45, 7) is 6.66. The second kappa shape index (κ2) is 11.8. The molecule has 1 fully saturated rings. The number of hydrogen-bond donors (Lipinski definition) is 2. The lowest BCUT2D eigenvalue weighted by molar-refractivity contribution is -0.159. The fourth-order valence-electron chi connectivity index (χ4n) is 3.70. The molecule has 166 valence electrons. The standard InChI is InChI=1S/C24H26N2.C2H2O4/c1-2-8-21(9-3-1)10-7-15-25-16-18-26(19-17-25)20-23-13-6-12-22-11-4-5-14-24(22)23;3-1(4)2(5)6/h1-14H,15-20H2;(H,3,4)(H,5,6)/b10-7+;. The van der Waals surface area contributed by atoms with E-state index in [1.165, 1.54) is 21.9 Å². The lowest BCUT2D eigenvalue weighted by Gasteiger charge is -2.34. The van der Waals surface area contributed by atoms with Gasteiger partial charge in [0.2, 0.25) is 0 Å². The largest absolute Gasteiger partial charge is 0.473 e. The van der Waals surface area contributed by atoms with E-state index >= 15 is 0 Å². The first kappa shape index (κ1) is 23.2. The molecule has 4 rings (SSSR count). The van der Waals surface area contributed by atoms with Gasteiger partial charge in [-0.3, -0.25) is 9.80 Å². The maximum atomic E-state index is 9.10. The Hall–Kier alpha value is -3.48. The summed E-state index contributed by atoms with van der Waals surface area (Å²) < 4.78 is 0. The Morgan fingerprint density at radius 1 is 0.750 bits per heavy atom. The lowest BCUT2D eigenvalue weighted by Crippen LogP contribution is -2.45. The van der Waals surface area contributed by atoms with Gasteiger partial charge < -0.3 is 10.2 Å². The predicted molar refractivity (Wildman–Crippen MR) is 126 cm³/mol. The molecule has 1 aliphatic heterocycles. The van der Waals surface area contributed by atoms with Crippen LogP contribution in [0, 0.1) is 0 Å². The molecule has 0 unspecified atom stereocenters. The zero-order valence-corrected chi connectivity index (χ0v) is 17.9. The summed E-state index contributed by atoms with van der Waals surface area (Å²) in [5.74, 6) is -3.65. The van der Waals surface area contributed by atoms with Gasteiger partial charge in [0.1, 0.15) is 0 Å². The third-order valence-corrected chi connectivity index (χ3v) is 5.40. The number of aliphatic carboxylic acids is 2. The number of nitrogens with zero attached hydrogens (tertiary/aromatic N) is 2. The minimum atomic E-state index is -1.82. The molecule has 32 heavy (non-hydrogen) atoms. The van der Waals surface area contributed by atoms with Gasteiger partial charge in [-0.25, -0.2) is 9.59 Å². The number of carboxylic acids is 2. The Bertz CT molecular complexity index is 1040. The van der Waals surface area contributed by atoms with Crippen molar-refractivity contribution in [3.8, 4) is 0 Å². The zero-order valence-electron chi connectivity index (χ0n) is 17.9. The molecule has 1 heterocycles. The molecule has 1 saturated heterocycles. The predicted octanol–water partition coefficient (Wildman–Crippen LogP) is 3.83. The van der Waals surface area contributed by atoms with E-state index in [1.54, 1.807) is 0 Å². The van der Waals surface area contributed by atoms with E-state index in [-0.39, 0.29) is 0 Å². The molecule has 0 saturated carbocycles. The third kappa shape index (κ3) is 7.04. The van der Waals surface area contributed by atoms with Crippen molar-refractivity contribution in [1.82, 2.24) is 9.80 Å². The summed E-state index contributed by atoms with van der Waals surface area (Å²) in [5, 5.41) is 17.5. The molecule has 0 radical (unpaired) electrons. The van der Waals surface area contributed by atoms with E-state index in [1.807, 2.05) is 0 Å². The molecule has 1 aliphatic rings. The fraction of sp³-hybridized carbons (Fsp3) is 0.231. The molecule has 0 spiro atoms. The van der Waals surface area contributed by atoms with Crippen molar-refractivity contribution in [2.45, 2.75) is 6.54 Å². The molecule has 3 aromatic carbocycles. The van der Waals surface area contributed by atoms with E-state index in [9.17, 15) is 0 Å². The molecule has 0 atom stereocenters. The highest BCUT2D eigenvalue weighted by molar-refractivity contribution is 6.27. The van der Waals surface area contributed by atoms with Crippen molar-refractivity contribution in [2.75, 3.05) is 32.7 Å². The number of hydrogen-bond acceptors (Lipinski definition) is 4. The van der Waals surface area contributed by atoms with Crippen molar-refractivity contribution in [3.63, 3.8) is 0 Å². The first-order valence-corrected chi connectivity index (χ1v) is 10.6. The Balaban J connectivity index is 0.000000427. The molecule has 0 aliphatic carbocycles. The zero-order chi connectivity index (χ0) is 22.8. The van der Waals surface area contributed by atoms with Crippen LogP contribution in [0.4, 0.5) is 0 Å². The van der Waals surface area contributed by atoms with Crippen LogP contribution in [0.5, 0.6) is 0 Å². The summed E-state index contributed by atoms with van der Waals surface area (Å²) in [7, 11) is 0. The van der Waals surface area contributed by atoms with Crippen LogP contribution in [0.2, 0.25) is 0 Å². The number of fused-ring (bicyclic) bond motifs is 1. The quantitative estimate of drug-likeness (QED) is 0.597. The number of carboxylic acid groups (broad SMARTS) is 2. The Morgan fingerprint density at radius 2 is 1.34 bits per heavy atom. The average molecular weight is 433 g/mol. The Kier molecular flexibility index (Phi) is 8.54. The fourth-order valence-corrected chi connectivity index (χ4v) is 3.70. The molecule has 0 amide bonds. The molecule has 2 N–H and O–H groups in total. The second-order valence-electron chi connectivity index (χ2n) is 7.64. The van der Waals surface area contributed by atoms with Crippen LogP contribution >= 0.6 is 0 Å². The summed E-state index contributed by atoms with van der Waals surface area (Å²) in [6.07, 6.45) is 4.51. The third-order valence-electron chi connectivity index (χ3n) is 5.40. The number of carbonyl (C=O) groups is 2. The maximum absolute atomic E-state index is 9.10. The van der Waals surface area contributed by atoms with E-state index < -0.39 is 11.9 Å². The first-order valence-electron chi connectivity index (χ1n) is 10.6. The van der Waals surface area contributed by atoms with E-state index in [0.29, 0.717) is 0 Å². The highest BCUT2D eigenvalue weighted by atomic mass is 16.4. The van der Waals surface area contributed by atoms with Crippen molar-refractivity contribution in [2.24, 2.45) is 0 Å². The number of benzene rings is 3. The first-order chi connectivity index (χ1) is 15.5. The highest BCUT2D eigenvalue weighted by Crippen LogP contribution is 2.20. The maximum Gasteiger partial charge on any atom is 0.414 e. The van der Waals surface area contributed by atoms with Crippen LogP contribution in [0.25, 0.3) is 16.8 Å². The molecule has 6 heteroatoms. The number of rotatable bonds is 5. The average Bonchev–Trinajstić information content (AvgIpc) is 2.81. The van der Waals surface area contributed by atoms with Crippen molar-refractivity contribution < 1.29 is 19.8 Å². The molecule has 0 bridgehead atoms. The van der Waals surface area contributed by atoms with Gasteiger partial charge in [-0.05, 0) is 21.9 Å². The minimum absolute atomic E-state index is 1.04. The van der Waals surface area contributed by atoms with Gasteiger partial charge in [-0.15, -0.1) is 0 Å². The smallest absolute Gasteiger partial charge is 0.414 e. The minimum Gasteiger partial charge on any atom is -0.473 e. The van der Waals surface area contributed by atoms with Gasteiger partial charge in [-0.1, -0.05) is 84.9 Å². The van der Waals surface area contributed by atoms with Gasteiger partial charge in [0, 0.05) is 39.3 Å². The SMILES string of the molecule is C(=C\c1ccccc1)/CN1CCN(Cc2cccc3ccccc23)CC1.O=C(O)C(=O)O. The van der Waals surface area contributed by atoms with Gasteiger partial charge in [0.25, 0.3) is 0 Å². The Morgan fingerprint density at radius 3 is 2.03 bits per heavy atom. The summed E-state index contributed by atoms with van der Waals surface area (Å²) >= 11 is 0. The van der Waals surface area contributed by atoms with Crippen LogP contribution in [-0.2, 0) is 16.1 Å². The summed E-state index contributed by atoms with van der Waals surface area (Å²) in [5.41, 5.74) is 2.72. The van der Waals surface area contributed by atoms with Gasteiger partial charge >= 0.3 is 11.9 Å². The van der Waals surface area contributed by atoms with Crippen LogP contribution in [0.3, 0.4) is 0 Å². The summed E-state index contributed by atoms with van der Waals surface area (Å²) in [4.78, 5) is 23.3. The molecule has 3 aromatic rings. The lowest BCUT2D eigenvalue weighted by atomic mass is 10.0. The molecule has 6 nitrogen and oxygen atoms in total. The Labute approximate surface area is 188 Å². The molecule has 0 aromatic heterocycles. The van der Waals surface area contributed by atoms with Gasteiger partial charge in [0.05, 0.1) is 0 Å². The topological polar surface area (TPSA) is 81.1 Å². The molecular formula is C26H28N2O4. The van der Waals surface area contributed by atoms with E-state index in [4.69, 9.17) is 19.8 Å². The van der Waals surface area contributed by atoms with E-state index in [2.05, 4.69) is 94.7 Å². The van der Waals surface area contributed by atoms with Gasteiger partial charge in [0.15, 0.2) is 0 Å². The monoisotopic (exact) mass is 432 g/mol. The normalized spacial score (nSPS) is 14.8. The highest BCUT2D eigenvalue weighted by Gasteiger charge is 2.16. The van der Waals surface area contributed by atoms with Crippen LogP contribution in [0.1, 0.15) is 11.1 Å². The second-order valence-corrected chi connectivity index (χ2v) is 7.64. The van der Waals surface area contributed by atoms with Crippen LogP contribution in [0.15, 0.2) is 78.9 Å². The van der Waals surface area contributed by atoms with E-state index in [0.717, 1.165) is 39.3 Å². The number of piperazine rings is 1. The van der Waals surface area contributed by atoms with Gasteiger partial charge in [-0.2, -0.15) is 0 Å². The molecular weight excluding hydrogens is 404 g/mol. The van der Waals surface area contributed by atoms with Crippen LogP contribution < -0.4 is 0 Å². The van der Waals surface area contributed by atoms with Crippen molar-refractivity contribution in [1.29, 1.82) is 0 Å². The van der Waals surface area contributed by atoms with Crippen molar-refractivity contribution in [3.05, 3.63) is 90.0 Å². The summed E-state index contributed by atoms with van der Waals surface area (Å²) in [6, 6.07) is 25.9. The van der Waals surface area contributed by atoms with Crippen molar-refractivity contribution >= 4 is 28.8 Å². The van der Waals surface area contributed by atoms with Crippen LogP contribution in [-0.4, -0.2) is 64.7 Å².